The van der Waals surface area contributed by atoms with Crippen LogP contribution in [-0.4, -0.2) is 16.7 Å². The normalized spacial score (nSPS) is 10.8. The molecule has 0 aliphatic carbocycles. The summed E-state index contributed by atoms with van der Waals surface area (Å²) < 4.78 is 0. The van der Waals surface area contributed by atoms with E-state index >= 15 is 0 Å². The third-order valence-electron chi connectivity index (χ3n) is 2.58. The zero-order chi connectivity index (χ0) is 12.3. The molecule has 2 rings (SSSR count). The summed E-state index contributed by atoms with van der Waals surface area (Å²) in [6.45, 7) is 7.33. The Bertz CT molecular complexity index is 474. The minimum absolute atomic E-state index is 0.566. The lowest BCUT2D eigenvalue weighted by Crippen LogP contribution is -1.94. The first-order chi connectivity index (χ1) is 8.20. The Hall–Kier alpha value is -1.42. The van der Waals surface area contributed by atoms with Crippen molar-refractivity contribution >= 4 is 16.5 Å². The molecule has 1 heterocycles. The van der Waals surface area contributed by atoms with Crippen LogP contribution in [0.3, 0.4) is 0 Å². The molecule has 1 aromatic carbocycles. The van der Waals surface area contributed by atoms with E-state index in [4.69, 9.17) is 0 Å². The van der Waals surface area contributed by atoms with E-state index < -0.39 is 0 Å². The average molecular weight is 247 g/mol. The van der Waals surface area contributed by atoms with E-state index in [9.17, 15) is 0 Å². The van der Waals surface area contributed by atoms with Gasteiger partial charge in [-0.05, 0) is 18.4 Å². The highest BCUT2D eigenvalue weighted by Crippen LogP contribution is 2.27. The van der Waals surface area contributed by atoms with Crippen LogP contribution < -0.4 is 5.32 Å². The first-order valence-electron chi connectivity index (χ1n) is 5.88. The lowest BCUT2D eigenvalue weighted by Gasteiger charge is -2.04. The second kappa shape index (κ2) is 5.27. The van der Waals surface area contributed by atoms with Crippen molar-refractivity contribution in [3.63, 3.8) is 0 Å². The maximum absolute atomic E-state index is 4.19. The summed E-state index contributed by atoms with van der Waals surface area (Å²) in [5.74, 6) is 0.566. The van der Waals surface area contributed by atoms with E-state index in [0.717, 1.165) is 22.2 Å². The molecule has 17 heavy (non-hydrogen) atoms. The molecule has 0 unspecified atom stereocenters. The predicted octanol–water partition coefficient (Wildman–Crippen LogP) is 3.76. The van der Waals surface area contributed by atoms with Gasteiger partial charge in [-0.3, -0.25) is 0 Å². The third-order valence-corrected chi connectivity index (χ3v) is 3.51. The molecule has 0 amide bonds. The van der Waals surface area contributed by atoms with Crippen LogP contribution >= 0.6 is 11.3 Å². The molecule has 4 heteroatoms. The fraction of sp³-hybridized carbons (Fsp3) is 0.385. The smallest absolute Gasteiger partial charge is 0.205 e. The van der Waals surface area contributed by atoms with Crippen molar-refractivity contribution in [2.75, 3.05) is 11.9 Å². The van der Waals surface area contributed by atoms with Crippen molar-refractivity contribution in [2.45, 2.75) is 26.7 Å². The fourth-order valence-corrected chi connectivity index (χ4v) is 2.39. The molecule has 0 spiro atoms. The van der Waals surface area contributed by atoms with Crippen molar-refractivity contribution in [3.8, 4) is 10.6 Å². The molecule has 0 aliphatic heterocycles. The van der Waals surface area contributed by atoms with E-state index in [1.54, 1.807) is 11.3 Å². The number of rotatable bonds is 4. The van der Waals surface area contributed by atoms with Crippen molar-refractivity contribution in [1.29, 1.82) is 0 Å². The molecule has 0 aliphatic rings. The lowest BCUT2D eigenvalue weighted by atomic mass is 10.0. The van der Waals surface area contributed by atoms with Gasteiger partial charge in [0.25, 0.3) is 0 Å². The van der Waals surface area contributed by atoms with Crippen molar-refractivity contribution in [2.24, 2.45) is 0 Å². The number of anilines is 1. The van der Waals surface area contributed by atoms with Gasteiger partial charge in [-0.25, -0.2) is 0 Å². The zero-order valence-corrected chi connectivity index (χ0v) is 11.2. The van der Waals surface area contributed by atoms with Crippen LogP contribution in [0.1, 0.15) is 32.3 Å². The molecule has 90 valence electrons. The molecule has 1 aromatic heterocycles. The van der Waals surface area contributed by atoms with Crippen molar-refractivity contribution in [3.05, 3.63) is 29.8 Å². The van der Waals surface area contributed by atoms with Gasteiger partial charge >= 0.3 is 0 Å². The zero-order valence-electron chi connectivity index (χ0n) is 10.4. The molecule has 0 atom stereocenters. The molecule has 0 saturated heterocycles. The first kappa shape index (κ1) is 12.0. The molecule has 0 saturated carbocycles. The molecule has 0 fully saturated rings. The van der Waals surface area contributed by atoms with Crippen LogP contribution in [0.4, 0.5) is 5.13 Å². The summed E-state index contributed by atoms with van der Waals surface area (Å²) in [7, 11) is 0. The van der Waals surface area contributed by atoms with Gasteiger partial charge in [0.1, 0.15) is 5.01 Å². The monoisotopic (exact) mass is 247 g/mol. The van der Waals surface area contributed by atoms with Crippen LogP contribution in [-0.2, 0) is 0 Å². The topological polar surface area (TPSA) is 37.8 Å². The average Bonchev–Trinajstić information content (AvgIpc) is 2.78. The Morgan fingerprint density at radius 1 is 1.18 bits per heavy atom. The SMILES string of the molecule is CCNc1nnc(-c2ccc(C(C)C)cc2)s1. The Morgan fingerprint density at radius 2 is 1.88 bits per heavy atom. The summed E-state index contributed by atoms with van der Waals surface area (Å²) in [5.41, 5.74) is 2.49. The summed E-state index contributed by atoms with van der Waals surface area (Å²) in [4.78, 5) is 0. The lowest BCUT2D eigenvalue weighted by molar-refractivity contribution is 0.867. The molecule has 2 aromatic rings. The molecule has 3 nitrogen and oxygen atoms in total. The predicted molar refractivity (Wildman–Crippen MR) is 73.6 cm³/mol. The highest BCUT2D eigenvalue weighted by molar-refractivity contribution is 7.18. The van der Waals surface area contributed by atoms with Crippen molar-refractivity contribution < 1.29 is 0 Å². The summed E-state index contributed by atoms with van der Waals surface area (Å²) in [6.07, 6.45) is 0. The Morgan fingerprint density at radius 3 is 2.47 bits per heavy atom. The van der Waals surface area contributed by atoms with Crippen LogP contribution in [0, 0.1) is 0 Å². The van der Waals surface area contributed by atoms with Crippen LogP contribution in [0.25, 0.3) is 10.6 Å². The Labute approximate surface area is 106 Å². The van der Waals surface area contributed by atoms with Crippen LogP contribution in [0.5, 0.6) is 0 Å². The molecule has 0 bridgehead atoms. The molecule has 0 radical (unpaired) electrons. The highest BCUT2D eigenvalue weighted by Gasteiger charge is 2.06. The quantitative estimate of drug-likeness (QED) is 0.894. The standard InChI is InChI=1S/C13H17N3S/c1-4-14-13-16-15-12(17-13)11-7-5-10(6-8-11)9(2)3/h5-9H,4H2,1-3H3,(H,14,16). The molecule has 1 N–H and O–H groups in total. The highest BCUT2D eigenvalue weighted by atomic mass is 32.1. The van der Waals surface area contributed by atoms with E-state index in [0.29, 0.717) is 5.92 Å². The van der Waals surface area contributed by atoms with E-state index in [1.807, 2.05) is 0 Å². The van der Waals surface area contributed by atoms with Gasteiger partial charge in [0.2, 0.25) is 5.13 Å². The van der Waals surface area contributed by atoms with E-state index in [2.05, 4.69) is 60.6 Å². The first-order valence-corrected chi connectivity index (χ1v) is 6.70. The maximum atomic E-state index is 4.19. The second-order valence-electron chi connectivity index (χ2n) is 4.22. The van der Waals surface area contributed by atoms with E-state index in [1.165, 1.54) is 5.56 Å². The summed E-state index contributed by atoms with van der Waals surface area (Å²) >= 11 is 1.59. The minimum atomic E-state index is 0.566. The summed E-state index contributed by atoms with van der Waals surface area (Å²) in [5, 5.41) is 13.3. The summed E-state index contributed by atoms with van der Waals surface area (Å²) in [6, 6.07) is 8.56. The van der Waals surface area contributed by atoms with Gasteiger partial charge < -0.3 is 5.32 Å². The Kier molecular flexibility index (Phi) is 3.74. The van der Waals surface area contributed by atoms with E-state index in [-0.39, 0.29) is 0 Å². The van der Waals surface area contributed by atoms with Gasteiger partial charge in [0.05, 0.1) is 0 Å². The van der Waals surface area contributed by atoms with Crippen LogP contribution in [0.15, 0.2) is 24.3 Å². The number of nitrogens with one attached hydrogen (secondary N) is 1. The van der Waals surface area contributed by atoms with Gasteiger partial charge in [0.15, 0.2) is 0 Å². The number of nitrogens with zero attached hydrogens (tertiary/aromatic N) is 2. The van der Waals surface area contributed by atoms with Gasteiger partial charge in [0, 0.05) is 12.1 Å². The van der Waals surface area contributed by atoms with Gasteiger partial charge in [-0.15, -0.1) is 10.2 Å². The second-order valence-corrected chi connectivity index (χ2v) is 5.20. The number of benzene rings is 1. The number of aromatic nitrogens is 2. The van der Waals surface area contributed by atoms with Gasteiger partial charge in [-0.1, -0.05) is 49.4 Å². The number of hydrogen-bond donors (Lipinski definition) is 1. The maximum Gasteiger partial charge on any atom is 0.205 e. The fourth-order valence-electron chi connectivity index (χ4n) is 1.57. The molecular formula is C13H17N3S. The van der Waals surface area contributed by atoms with Crippen LogP contribution in [0.2, 0.25) is 0 Å². The van der Waals surface area contributed by atoms with Gasteiger partial charge in [-0.2, -0.15) is 0 Å². The Balaban J connectivity index is 2.21. The molecular weight excluding hydrogens is 230 g/mol. The number of hydrogen-bond acceptors (Lipinski definition) is 4. The largest absolute Gasteiger partial charge is 0.360 e. The van der Waals surface area contributed by atoms with Crippen molar-refractivity contribution in [1.82, 2.24) is 10.2 Å². The third kappa shape index (κ3) is 2.82. The minimum Gasteiger partial charge on any atom is -0.360 e.